The number of hydrogen-bond acceptors (Lipinski definition) is 15. The molecule has 2 aliphatic rings. The monoisotopic (exact) mass is 611 g/mol. The molecule has 2 aliphatic heterocycles. The van der Waals surface area contributed by atoms with Crippen LogP contribution in [0.1, 0.15) is 5.69 Å². The summed E-state index contributed by atoms with van der Waals surface area (Å²) in [6, 6.07) is 0.396. The SMILES string of the molecule is CON=C(C(=O)NC1C(=O)N2C(C(=O)O)=C(CSc3cc(N)c4nnnn4n3)C[S@](=S=O)[C@@H]12)c1csc(N)n1. The lowest BCUT2D eigenvalue weighted by Gasteiger charge is -2.50. The van der Waals surface area contributed by atoms with Gasteiger partial charge < -0.3 is 26.7 Å². The summed E-state index contributed by atoms with van der Waals surface area (Å²) in [5, 5.41) is 32.6. The van der Waals surface area contributed by atoms with E-state index in [0.717, 1.165) is 32.6 Å². The Labute approximate surface area is 231 Å². The second-order valence-corrected chi connectivity index (χ2v) is 13.1. The van der Waals surface area contributed by atoms with Crippen LogP contribution < -0.4 is 16.8 Å². The Bertz CT molecular complexity index is 1640. The summed E-state index contributed by atoms with van der Waals surface area (Å²) >= 11 is 2.23. The van der Waals surface area contributed by atoms with Crippen LogP contribution in [0.3, 0.4) is 0 Å². The number of carboxylic acids is 1. The molecule has 1 unspecified atom stereocenters. The molecular formula is C18H17N11O6S4. The van der Waals surface area contributed by atoms with Gasteiger partial charge in [0, 0.05) is 16.9 Å². The highest BCUT2D eigenvalue weighted by Crippen LogP contribution is 2.37. The number of thiazole rings is 1. The van der Waals surface area contributed by atoms with E-state index in [0.29, 0.717) is 10.6 Å². The number of hydrogen-bond donors (Lipinski definition) is 4. The Balaban J connectivity index is 1.39. The van der Waals surface area contributed by atoms with Gasteiger partial charge in [-0.25, -0.2) is 14.0 Å². The van der Waals surface area contributed by atoms with E-state index in [-0.39, 0.29) is 55.3 Å². The molecule has 21 heteroatoms. The number of nitrogens with zero attached hydrogens (tertiary/aromatic N) is 8. The average molecular weight is 612 g/mol. The zero-order valence-corrected chi connectivity index (χ0v) is 22.8. The van der Waals surface area contributed by atoms with E-state index in [1.165, 1.54) is 12.5 Å². The Morgan fingerprint density at radius 1 is 1.41 bits per heavy atom. The molecule has 0 spiro atoms. The lowest BCUT2D eigenvalue weighted by Crippen LogP contribution is -2.74. The minimum Gasteiger partial charge on any atom is -0.477 e. The van der Waals surface area contributed by atoms with Crippen LogP contribution in [-0.2, 0) is 38.9 Å². The maximum Gasteiger partial charge on any atom is 0.352 e. The smallest absolute Gasteiger partial charge is 0.352 e. The highest BCUT2D eigenvalue weighted by atomic mass is 32.8. The quantitative estimate of drug-likeness (QED) is 0.0934. The summed E-state index contributed by atoms with van der Waals surface area (Å²) in [5.74, 6) is -2.60. The van der Waals surface area contributed by atoms with Crippen molar-refractivity contribution in [3.05, 3.63) is 28.4 Å². The summed E-state index contributed by atoms with van der Waals surface area (Å²) in [7, 11) is 0.409. The zero-order chi connectivity index (χ0) is 27.8. The molecule has 6 N–H and O–H groups in total. The van der Waals surface area contributed by atoms with Gasteiger partial charge in [-0.1, -0.05) is 26.4 Å². The number of carbonyl (C=O) groups is 3. The summed E-state index contributed by atoms with van der Waals surface area (Å²) in [5.41, 5.74) is 12.2. The van der Waals surface area contributed by atoms with Crippen LogP contribution in [0.4, 0.5) is 10.8 Å². The summed E-state index contributed by atoms with van der Waals surface area (Å²) < 4.78 is 13.3. The van der Waals surface area contributed by atoms with Crippen molar-refractivity contribution in [2.24, 2.45) is 5.16 Å². The van der Waals surface area contributed by atoms with Crippen molar-refractivity contribution in [2.75, 3.05) is 30.1 Å². The second kappa shape index (κ2) is 10.7. The zero-order valence-electron chi connectivity index (χ0n) is 19.6. The van der Waals surface area contributed by atoms with E-state index in [9.17, 15) is 23.7 Å². The fourth-order valence-electron chi connectivity index (χ4n) is 3.90. The molecule has 5 heterocycles. The van der Waals surface area contributed by atoms with Gasteiger partial charge >= 0.3 is 5.97 Å². The summed E-state index contributed by atoms with van der Waals surface area (Å²) in [4.78, 5) is 48.2. The molecule has 17 nitrogen and oxygen atoms in total. The first kappa shape index (κ1) is 26.6. The first-order valence-corrected chi connectivity index (χ1v) is 15.2. The number of aliphatic carboxylic acids is 1. The third-order valence-corrected chi connectivity index (χ3v) is 10.5. The van der Waals surface area contributed by atoms with Gasteiger partial charge in [-0.2, -0.15) is 0 Å². The molecule has 1 saturated heterocycles. The Kier molecular flexibility index (Phi) is 7.29. The first-order valence-electron chi connectivity index (χ1n) is 10.6. The minimum atomic E-state index is -1.34. The molecule has 39 heavy (non-hydrogen) atoms. The number of thioether (sulfide) groups is 1. The van der Waals surface area contributed by atoms with E-state index in [1.807, 2.05) is 0 Å². The van der Waals surface area contributed by atoms with Crippen molar-refractivity contribution in [3.8, 4) is 0 Å². The van der Waals surface area contributed by atoms with E-state index in [4.69, 9.17) is 16.3 Å². The largest absolute Gasteiger partial charge is 0.477 e. The standard InChI is InChI=1S/C18H17N11O6S4/c1-35-25-10(8-4-37-18(20)21-8)14(30)22-11-15(31)28-12(17(32)33)6(5-39(38-34)16(11)28)3-36-9-2-7(19)13-23-26-27-29(13)24-9/h2,4,11,16H,3,5,19H2,1H3,(H2,20,21)(H,22,30)(H,32,33)/t11?,16-,39-/m0/s1. The molecular weight excluding hydrogens is 595 g/mol. The molecule has 2 amide bonds. The number of aromatic nitrogens is 6. The fourth-order valence-corrected chi connectivity index (χ4v) is 8.71. The molecule has 0 aliphatic carbocycles. The molecule has 1 fully saturated rings. The third-order valence-electron chi connectivity index (χ3n) is 5.52. The topological polar surface area (TPSA) is 246 Å². The number of β-lactam (4-membered cyclic amide) rings is 1. The van der Waals surface area contributed by atoms with Gasteiger partial charge in [-0.05, 0) is 22.1 Å². The van der Waals surface area contributed by atoms with Crippen LogP contribution in [0.5, 0.6) is 0 Å². The number of amides is 2. The normalized spacial score (nSPS) is 20.9. The van der Waals surface area contributed by atoms with Gasteiger partial charge in [0.1, 0.15) is 45.2 Å². The van der Waals surface area contributed by atoms with Crippen LogP contribution in [0.25, 0.3) is 5.65 Å². The Morgan fingerprint density at radius 2 is 2.21 bits per heavy atom. The molecule has 3 aromatic heterocycles. The van der Waals surface area contributed by atoms with E-state index in [2.05, 4.69) is 36.1 Å². The van der Waals surface area contributed by atoms with Gasteiger partial charge in [0.05, 0.1) is 5.69 Å². The van der Waals surface area contributed by atoms with Crippen molar-refractivity contribution in [1.82, 2.24) is 40.5 Å². The second-order valence-electron chi connectivity index (χ2n) is 7.81. The van der Waals surface area contributed by atoms with Crippen molar-refractivity contribution in [2.45, 2.75) is 16.4 Å². The van der Waals surface area contributed by atoms with Gasteiger partial charge in [-0.15, -0.1) is 26.2 Å². The number of carboxylic acid groups (broad SMARTS) is 1. The highest BCUT2D eigenvalue weighted by molar-refractivity contribution is 8.31. The highest BCUT2D eigenvalue weighted by Gasteiger charge is 2.56. The van der Waals surface area contributed by atoms with Crippen LogP contribution in [-0.4, -0.2) is 98.0 Å². The summed E-state index contributed by atoms with van der Waals surface area (Å²) in [6.45, 7) is 0. The van der Waals surface area contributed by atoms with Gasteiger partial charge in [0.15, 0.2) is 10.8 Å². The maximum atomic E-state index is 13.2. The fraction of sp³-hybridized carbons (Fsp3) is 0.278. The van der Waals surface area contributed by atoms with E-state index >= 15 is 0 Å². The van der Waals surface area contributed by atoms with Crippen molar-refractivity contribution >= 4 is 82.7 Å². The average Bonchev–Trinajstić information content (AvgIpc) is 3.57. The summed E-state index contributed by atoms with van der Waals surface area (Å²) in [6.07, 6.45) is 0. The molecule has 0 bridgehead atoms. The van der Waals surface area contributed by atoms with Crippen molar-refractivity contribution in [1.29, 1.82) is 0 Å². The van der Waals surface area contributed by atoms with Crippen LogP contribution >= 0.6 is 23.1 Å². The molecule has 3 aromatic rings. The Hall–Kier alpha value is -3.95. The lowest BCUT2D eigenvalue weighted by atomic mass is 10.0. The van der Waals surface area contributed by atoms with Gasteiger partial charge in [0.25, 0.3) is 11.8 Å². The predicted molar refractivity (Wildman–Crippen MR) is 141 cm³/mol. The minimum absolute atomic E-state index is 0.0911. The van der Waals surface area contributed by atoms with Crippen molar-refractivity contribution < 1.29 is 28.5 Å². The van der Waals surface area contributed by atoms with Gasteiger partial charge in [0.2, 0.25) is 5.65 Å². The first-order chi connectivity index (χ1) is 18.7. The number of nitrogens with two attached hydrogens (primary N) is 2. The van der Waals surface area contributed by atoms with Gasteiger partial charge in [-0.3, -0.25) is 14.5 Å². The van der Waals surface area contributed by atoms with E-state index in [1.54, 1.807) is 6.07 Å². The molecule has 0 saturated carbocycles. The molecule has 5 rings (SSSR count). The lowest BCUT2D eigenvalue weighted by molar-refractivity contribution is -0.150. The third kappa shape index (κ3) is 4.84. The number of oxime groups is 1. The number of anilines is 2. The maximum absolute atomic E-state index is 13.2. The molecule has 0 aromatic carbocycles. The molecule has 3 atom stereocenters. The van der Waals surface area contributed by atoms with Crippen molar-refractivity contribution in [3.63, 3.8) is 0 Å². The van der Waals surface area contributed by atoms with E-state index < -0.39 is 38.7 Å². The number of tetrazole rings is 1. The number of carbonyl (C=O) groups excluding carboxylic acids is 2. The number of fused-ring (bicyclic) bond motifs is 2. The van der Waals surface area contributed by atoms with Crippen LogP contribution in [0.15, 0.2) is 32.9 Å². The number of nitrogen functional groups attached to an aromatic ring is 2. The number of rotatable bonds is 8. The molecule has 0 radical (unpaired) electrons. The Morgan fingerprint density at radius 3 is 2.87 bits per heavy atom. The van der Waals surface area contributed by atoms with Crippen LogP contribution in [0, 0.1) is 0 Å². The number of nitrogens with one attached hydrogen (secondary N) is 1. The molecule has 204 valence electrons. The predicted octanol–water partition coefficient (Wildman–Crippen LogP) is -1.97. The van der Waals surface area contributed by atoms with Crippen LogP contribution in [0.2, 0.25) is 0 Å².